The summed E-state index contributed by atoms with van der Waals surface area (Å²) in [4.78, 5) is 20.6. The van der Waals surface area contributed by atoms with Crippen LogP contribution in [0.15, 0.2) is 65.5 Å². The third-order valence-corrected chi connectivity index (χ3v) is 3.47. The van der Waals surface area contributed by atoms with E-state index in [1.54, 1.807) is 24.7 Å². The zero-order valence-electron chi connectivity index (χ0n) is 12.6. The summed E-state index contributed by atoms with van der Waals surface area (Å²) >= 11 is 0. The van der Waals surface area contributed by atoms with Gasteiger partial charge >= 0.3 is 0 Å². The average Bonchev–Trinajstić information content (AvgIpc) is 3.14. The fourth-order valence-electron chi connectivity index (χ4n) is 2.29. The molecule has 5 heteroatoms. The number of furan rings is 1. The van der Waals surface area contributed by atoms with E-state index >= 15 is 0 Å². The molecule has 0 aliphatic heterocycles. The summed E-state index contributed by atoms with van der Waals surface area (Å²) < 4.78 is 5.36. The monoisotopic (exact) mass is 307 g/mol. The molecule has 1 N–H and O–H groups in total. The fourth-order valence-corrected chi connectivity index (χ4v) is 2.29. The highest BCUT2D eigenvalue weighted by Crippen LogP contribution is 2.19. The van der Waals surface area contributed by atoms with Crippen LogP contribution in [0.1, 0.15) is 17.7 Å². The van der Waals surface area contributed by atoms with Gasteiger partial charge in [-0.3, -0.25) is 9.78 Å². The minimum atomic E-state index is -0.00935. The molecule has 3 rings (SSSR count). The highest BCUT2D eigenvalue weighted by atomic mass is 16.3. The molecule has 2 heterocycles. The van der Waals surface area contributed by atoms with Gasteiger partial charge in [0.05, 0.1) is 18.5 Å². The van der Waals surface area contributed by atoms with Gasteiger partial charge in [-0.2, -0.15) is 0 Å². The smallest absolute Gasteiger partial charge is 0.220 e. The van der Waals surface area contributed by atoms with Crippen LogP contribution in [0.3, 0.4) is 0 Å². The lowest BCUT2D eigenvalue weighted by molar-refractivity contribution is -0.121. The average molecular weight is 307 g/mol. The van der Waals surface area contributed by atoms with Gasteiger partial charge in [0, 0.05) is 18.8 Å². The summed E-state index contributed by atoms with van der Waals surface area (Å²) in [5.74, 6) is 0.636. The topological polar surface area (TPSA) is 68.0 Å². The summed E-state index contributed by atoms with van der Waals surface area (Å²) in [5, 5.41) is 2.89. The molecular weight excluding hydrogens is 290 g/mol. The minimum absolute atomic E-state index is 0.00935. The van der Waals surface area contributed by atoms with Crippen LogP contribution in [0.4, 0.5) is 0 Å². The molecule has 0 atom stereocenters. The Kier molecular flexibility index (Phi) is 4.79. The standard InChI is InChI=1S/C18H17N3O2/c22-17(9-8-14-5-2-1-3-6-14)21-13-15-18(20-11-10-19-15)16-7-4-12-23-16/h1-7,10-12H,8-9,13H2,(H,21,22). The first-order chi connectivity index (χ1) is 11.3. The highest BCUT2D eigenvalue weighted by molar-refractivity contribution is 5.76. The maximum Gasteiger partial charge on any atom is 0.220 e. The zero-order valence-corrected chi connectivity index (χ0v) is 12.6. The Balaban J connectivity index is 1.57. The van der Waals surface area contributed by atoms with Crippen LogP contribution in [-0.4, -0.2) is 15.9 Å². The van der Waals surface area contributed by atoms with Crippen molar-refractivity contribution in [3.63, 3.8) is 0 Å². The van der Waals surface area contributed by atoms with E-state index < -0.39 is 0 Å². The van der Waals surface area contributed by atoms with Crippen molar-refractivity contribution in [1.82, 2.24) is 15.3 Å². The molecule has 0 fully saturated rings. The third kappa shape index (κ3) is 4.03. The summed E-state index contributed by atoms with van der Waals surface area (Å²) in [6.45, 7) is 0.331. The van der Waals surface area contributed by atoms with E-state index in [2.05, 4.69) is 15.3 Å². The number of rotatable bonds is 6. The van der Waals surface area contributed by atoms with Gasteiger partial charge in [0.25, 0.3) is 0 Å². The molecule has 0 aliphatic rings. The molecular formula is C18H17N3O2. The van der Waals surface area contributed by atoms with Gasteiger partial charge in [0.2, 0.25) is 5.91 Å². The first-order valence-electron chi connectivity index (χ1n) is 7.47. The summed E-state index contributed by atoms with van der Waals surface area (Å²) in [7, 11) is 0. The van der Waals surface area contributed by atoms with Gasteiger partial charge in [0.1, 0.15) is 5.69 Å². The van der Waals surface area contributed by atoms with Crippen molar-refractivity contribution in [3.8, 4) is 11.5 Å². The van der Waals surface area contributed by atoms with E-state index in [0.717, 1.165) is 12.0 Å². The maximum atomic E-state index is 12.0. The molecule has 0 aliphatic carbocycles. The van der Waals surface area contributed by atoms with Gasteiger partial charge in [0.15, 0.2) is 5.76 Å². The molecule has 23 heavy (non-hydrogen) atoms. The number of hydrogen-bond donors (Lipinski definition) is 1. The molecule has 0 spiro atoms. The molecule has 1 amide bonds. The Morgan fingerprint density at radius 3 is 2.65 bits per heavy atom. The van der Waals surface area contributed by atoms with Gasteiger partial charge in [-0.05, 0) is 24.1 Å². The Morgan fingerprint density at radius 1 is 1.04 bits per heavy atom. The molecule has 5 nitrogen and oxygen atoms in total. The number of nitrogens with one attached hydrogen (secondary N) is 1. The van der Waals surface area contributed by atoms with Crippen LogP contribution in [-0.2, 0) is 17.8 Å². The zero-order chi connectivity index (χ0) is 15.9. The van der Waals surface area contributed by atoms with Crippen LogP contribution in [0.2, 0.25) is 0 Å². The Bertz CT molecular complexity index is 755. The largest absolute Gasteiger partial charge is 0.463 e. The molecule has 1 aromatic carbocycles. The molecule has 3 aromatic rings. The van der Waals surface area contributed by atoms with Crippen LogP contribution < -0.4 is 5.32 Å². The minimum Gasteiger partial charge on any atom is -0.463 e. The predicted molar refractivity (Wildman–Crippen MR) is 86.3 cm³/mol. The number of aryl methyl sites for hydroxylation is 1. The molecule has 2 aromatic heterocycles. The Hall–Kier alpha value is -2.95. The lowest BCUT2D eigenvalue weighted by Gasteiger charge is -2.07. The van der Waals surface area contributed by atoms with Crippen LogP contribution >= 0.6 is 0 Å². The first kappa shape index (κ1) is 15.0. The van der Waals surface area contributed by atoms with E-state index in [0.29, 0.717) is 30.1 Å². The van der Waals surface area contributed by atoms with Gasteiger partial charge in [-0.15, -0.1) is 0 Å². The van der Waals surface area contributed by atoms with E-state index in [1.807, 2.05) is 36.4 Å². The van der Waals surface area contributed by atoms with E-state index in [1.165, 1.54) is 0 Å². The third-order valence-electron chi connectivity index (χ3n) is 3.47. The van der Waals surface area contributed by atoms with Crippen LogP contribution in [0.25, 0.3) is 11.5 Å². The van der Waals surface area contributed by atoms with Crippen molar-refractivity contribution in [2.75, 3.05) is 0 Å². The SMILES string of the molecule is O=C(CCc1ccccc1)NCc1nccnc1-c1ccco1. The van der Waals surface area contributed by atoms with Crippen LogP contribution in [0, 0.1) is 0 Å². The van der Waals surface area contributed by atoms with Gasteiger partial charge < -0.3 is 9.73 Å². The van der Waals surface area contributed by atoms with E-state index in [9.17, 15) is 4.79 Å². The molecule has 0 bridgehead atoms. The summed E-state index contributed by atoms with van der Waals surface area (Å²) in [5.41, 5.74) is 2.50. The van der Waals surface area contributed by atoms with Gasteiger partial charge in [-0.25, -0.2) is 4.98 Å². The predicted octanol–water partition coefficient (Wildman–Crippen LogP) is 2.99. The van der Waals surface area contributed by atoms with Crippen molar-refractivity contribution >= 4 is 5.91 Å². The highest BCUT2D eigenvalue weighted by Gasteiger charge is 2.11. The van der Waals surface area contributed by atoms with E-state index in [4.69, 9.17) is 4.42 Å². The normalized spacial score (nSPS) is 10.4. The number of amides is 1. The quantitative estimate of drug-likeness (QED) is 0.760. The number of aromatic nitrogens is 2. The number of nitrogens with zero attached hydrogens (tertiary/aromatic N) is 2. The second-order valence-corrected chi connectivity index (χ2v) is 5.09. The van der Waals surface area contributed by atoms with Crippen molar-refractivity contribution in [2.24, 2.45) is 0 Å². The number of carbonyl (C=O) groups is 1. The van der Waals surface area contributed by atoms with Crippen molar-refractivity contribution in [1.29, 1.82) is 0 Å². The molecule has 0 saturated heterocycles. The molecule has 116 valence electrons. The van der Waals surface area contributed by atoms with Crippen molar-refractivity contribution in [3.05, 3.63) is 72.4 Å². The second-order valence-electron chi connectivity index (χ2n) is 5.09. The molecule has 0 unspecified atom stereocenters. The second kappa shape index (κ2) is 7.35. The molecule has 0 radical (unpaired) electrons. The van der Waals surface area contributed by atoms with E-state index in [-0.39, 0.29) is 5.91 Å². The lowest BCUT2D eigenvalue weighted by atomic mass is 10.1. The molecule has 0 saturated carbocycles. The lowest BCUT2D eigenvalue weighted by Crippen LogP contribution is -2.24. The Morgan fingerprint density at radius 2 is 1.87 bits per heavy atom. The summed E-state index contributed by atoms with van der Waals surface area (Å²) in [6, 6.07) is 13.6. The Labute approximate surface area is 134 Å². The summed E-state index contributed by atoms with van der Waals surface area (Å²) in [6.07, 6.45) is 5.97. The van der Waals surface area contributed by atoms with Crippen molar-refractivity contribution in [2.45, 2.75) is 19.4 Å². The number of benzene rings is 1. The fraction of sp³-hybridized carbons (Fsp3) is 0.167. The van der Waals surface area contributed by atoms with Gasteiger partial charge in [-0.1, -0.05) is 30.3 Å². The number of hydrogen-bond acceptors (Lipinski definition) is 4. The maximum absolute atomic E-state index is 12.0. The number of carbonyl (C=O) groups excluding carboxylic acids is 1. The first-order valence-corrected chi connectivity index (χ1v) is 7.47. The van der Waals surface area contributed by atoms with Crippen LogP contribution in [0.5, 0.6) is 0 Å². The van der Waals surface area contributed by atoms with Crippen molar-refractivity contribution < 1.29 is 9.21 Å².